The molecule has 0 fully saturated rings. The number of hydrogen-bond donors (Lipinski definition) is 0. The Morgan fingerprint density at radius 3 is 2.62 bits per heavy atom. The van der Waals surface area contributed by atoms with Crippen molar-refractivity contribution < 1.29 is 14.3 Å². The summed E-state index contributed by atoms with van der Waals surface area (Å²) in [6.07, 6.45) is 1.85. The number of benzene rings is 2. The maximum absolute atomic E-state index is 13.6. The molecule has 8 heteroatoms. The number of carbonyl (C=O) groups excluding carboxylic acids is 1. The first-order valence-electron chi connectivity index (χ1n) is 10.0. The van der Waals surface area contributed by atoms with E-state index in [9.17, 15) is 9.59 Å². The lowest BCUT2D eigenvalue weighted by atomic mass is 9.95. The van der Waals surface area contributed by atoms with E-state index >= 15 is 0 Å². The molecule has 0 aliphatic carbocycles. The molecule has 2 heterocycles. The maximum atomic E-state index is 13.6. The number of thiazole rings is 1. The molecule has 1 aliphatic heterocycles. The minimum Gasteiger partial charge on any atom is -0.496 e. The van der Waals surface area contributed by atoms with Crippen molar-refractivity contribution in [2.75, 3.05) is 13.7 Å². The smallest absolute Gasteiger partial charge is 0.338 e. The molecule has 6 nitrogen and oxygen atoms in total. The molecule has 32 heavy (non-hydrogen) atoms. The fourth-order valence-electron chi connectivity index (χ4n) is 3.69. The molecule has 2 aromatic carbocycles. The highest BCUT2D eigenvalue weighted by atomic mass is 127. The third-order valence-electron chi connectivity index (χ3n) is 5.12. The Bertz CT molecular complexity index is 1390. The van der Waals surface area contributed by atoms with E-state index in [0.717, 1.165) is 9.13 Å². The number of carbonyl (C=O) groups is 1. The summed E-state index contributed by atoms with van der Waals surface area (Å²) in [6.45, 7) is 3.75. The molecule has 164 valence electrons. The van der Waals surface area contributed by atoms with Crippen molar-refractivity contribution in [3.63, 3.8) is 0 Å². The Kier molecular flexibility index (Phi) is 6.61. The summed E-state index contributed by atoms with van der Waals surface area (Å²) in [5.41, 5.74) is 2.28. The lowest BCUT2D eigenvalue weighted by Gasteiger charge is -2.25. The average Bonchev–Trinajstić information content (AvgIpc) is 3.09. The monoisotopic (exact) mass is 560 g/mol. The van der Waals surface area contributed by atoms with Crippen molar-refractivity contribution in [2.45, 2.75) is 19.9 Å². The van der Waals surface area contributed by atoms with Gasteiger partial charge >= 0.3 is 5.97 Å². The summed E-state index contributed by atoms with van der Waals surface area (Å²) < 4.78 is 14.1. The molecule has 0 N–H and O–H groups in total. The minimum absolute atomic E-state index is 0.211. The number of nitrogens with zero attached hydrogens (tertiary/aromatic N) is 2. The number of aromatic nitrogens is 1. The van der Waals surface area contributed by atoms with Gasteiger partial charge in [-0.3, -0.25) is 9.36 Å². The van der Waals surface area contributed by atoms with Crippen LogP contribution in [0.1, 0.15) is 31.0 Å². The topological polar surface area (TPSA) is 69.9 Å². The van der Waals surface area contributed by atoms with E-state index in [1.54, 1.807) is 25.5 Å². The summed E-state index contributed by atoms with van der Waals surface area (Å²) in [7, 11) is 1.57. The van der Waals surface area contributed by atoms with E-state index in [-0.39, 0.29) is 12.2 Å². The third-order valence-corrected chi connectivity index (χ3v) is 6.82. The van der Waals surface area contributed by atoms with Crippen molar-refractivity contribution in [3.05, 3.63) is 94.2 Å². The standard InChI is InChI=1S/C24H21IN2O4S/c1-4-31-23(29)20-14(2)26-24-27(21(20)17-7-5-6-8-18(17)30-3)22(28)19(32-24)13-15-9-11-16(25)12-10-15/h5-13,21H,4H2,1-3H3/b19-13+. The van der Waals surface area contributed by atoms with Gasteiger partial charge in [0.25, 0.3) is 5.56 Å². The predicted octanol–water partition coefficient (Wildman–Crippen LogP) is 3.41. The van der Waals surface area contributed by atoms with Gasteiger partial charge in [0.15, 0.2) is 4.80 Å². The van der Waals surface area contributed by atoms with Crippen molar-refractivity contribution >= 4 is 46.0 Å². The highest BCUT2D eigenvalue weighted by molar-refractivity contribution is 14.1. The lowest BCUT2D eigenvalue weighted by Crippen LogP contribution is -2.40. The van der Waals surface area contributed by atoms with Crippen LogP contribution in [-0.4, -0.2) is 24.3 Å². The maximum Gasteiger partial charge on any atom is 0.338 e. The Morgan fingerprint density at radius 1 is 1.22 bits per heavy atom. The Morgan fingerprint density at radius 2 is 1.94 bits per heavy atom. The van der Waals surface area contributed by atoms with Crippen LogP contribution in [0.25, 0.3) is 6.08 Å². The fourth-order valence-corrected chi connectivity index (χ4v) is 5.09. The van der Waals surface area contributed by atoms with Crippen LogP contribution >= 0.6 is 33.9 Å². The first-order chi connectivity index (χ1) is 15.4. The van der Waals surface area contributed by atoms with Gasteiger partial charge < -0.3 is 9.47 Å². The molecule has 1 aromatic heterocycles. The number of halogens is 1. The molecule has 1 atom stereocenters. The zero-order valence-corrected chi connectivity index (χ0v) is 20.8. The SMILES string of the molecule is CCOC(=O)C1=C(C)N=c2s/c(=C/c3ccc(I)cc3)c(=O)n2C1c1ccccc1OC. The van der Waals surface area contributed by atoms with Gasteiger partial charge in [-0.25, -0.2) is 9.79 Å². The molecule has 1 aliphatic rings. The zero-order valence-electron chi connectivity index (χ0n) is 17.8. The molecular weight excluding hydrogens is 539 g/mol. The molecule has 4 rings (SSSR count). The number of hydrogen-bond acceptors (Lipinski definition) is 6. The summed E-state index contributed by atoms with van der Waals surface area (Å²) >= 11 is 3.55. The highest BCUT2D eigenvalue weighted by Crippen LogP contribution is 2.35. The van der Waals surface area contributed by atoms with E-state index in [2.05, 4.69) is 27.6 Å². The second kappa shape index (κ2) is 9.41. The van der Waals surface area contributed by atoms with Gasteiger partial charge in [-0.15, -0.1) is 0 Å². The molecule has 0 amide bonds. The molecular formula is C24H21IN2O4S. The Hall–Kier alpha value is -2.72. The van der Waals surface area contributed by atoms with Gasteiger partial charge in [0.2, 0.25) is 0 Å². The summed E-state index contributed by atoms with van der Waals surface area (Å²) in [5, 5.41) is 0. The van der Waals surface area contributed by atoms with Crippen LogP contribution in [0.2, 0.25) is 0 Å². The first-order valence-corrected chi connectivity index (χ1v) is 11.9. The molecule has 0 bridgehead atoms. The van der Waals surface area contributed by atoms with E-state index in [0.29, 0.717) is 31.9 Å². The molecule has 0 saturated heterocycles. The van der Waals surface area contributed by atoms with Crippen LogP contribution in [-0.2, 0) is 9.53 Å². The van der Waals surface area contributed by atoms with Gasteiger partial charge in [0, 0.05) is 9.13 Å². The van der Waals surface area contributed by atoms with Gasteiger partial charge in [-0.1, -0.05) is 41.7 Å². The van der Waals surface area contributed by atoms with E-state index in [1.165, 1.54) is 11.3 Å². The second-order valence-corrected chi connectivity index (χ2v) is 9.35. The number of fused-ring (bicyclic) bond motifs is 1. The number of methoxy groups -OCH3 is 1. The molecule has 0 saturated carbocycles. The third kappa shape index (κ3) is 4.16. The second-order valence-electron chi connectivity index (χ2n) is 7.10. The molecule has 1 unspecified atom stereocenters. The minimum atomic E-state index is -0.694. The van der Waals surface area contributed by atoms with Crippen LogP contribution < -0.4 is 19.6 Å². The first kappa shape index (κ1) is 22.5. The predicted molar refractivity (Wildman–Crippen MR) is 133 cm³/mol. The largest absolute Gasteiger partial charge is 0.496 e. The molecule has 0 radical (unpaired) electrons. The number of esters is 1. The van der Waals surface area contributed by atoms with Gasteiger partial charge in [0.1, 0.15) is 11.8 Å². The van der Waals surface area contributed by atoms with E-state index in [1.807, 2.05) is 54.6 Å². The van der Waals surface area contributed by atoms with Gasteiger partial charge in [0.05, 0.1) is 29.5 Å². The average molecular weight is 560 g/mol. The van der Waals surface area contributed by atoms with Crippen LogP contribution in [0.15, 0.2) is 69.6 Å². The van der Waals surface area contributed by atoms with E-state index in [4.69, 9.17) is 9.47 Å². The normalized spacial score (nSPS) is 15.9. The van der Waals surface area contributed by atoms with Crippen molar-refractivity contribution in [1.29, 1.82) is 0 Å². The van der Waals surface area contributed by atoms with Crippen LogP contribution in [0, 0.1) is 3.57 Å². The summed E-state index contributed by atoms with van der Waals surface area (Å²) in [5.74, 6) is 0.0952. The molecule has 0 spiro atoms. The highest BCUT2D eigenvalue weighted by Gasteiger charge is 2.34. The Labute approximate surface area is 202 Å². The van der Waals surface area contributed by atoms with Crippen LogP contribution in [0.4, 0.5) is 0 Å². The van der Waals surface area contributed by atoms with Gasteiger partial charge in [-0.2, -0.15) is 0 Å². The Balaban J connectivity index is 1.98. The van der Waals surface area contributed by atoms with Crippen molar-refractivity contribution in [3.8, 4) is 5.75 Å². The van der Waals surface area contributed by atoms with Crippen LogP contribution in [0.3, 0.4) is 0 Å². The van der Waals surface area contributed by atoms with Gasteiger partial charge in [-0.05, 0) is 66.3 Å². The summed E-state index contributed by atoms with van der Waals surface area (Å²) in [4.78, 5) is 31.6. The number of ether oxygens (including phenoxy) is 2. The fraction of sp³-hybridized carbons (Fsp3) is 0.208. The molecule has 3 aromatic rings. The lowest BCUT2D eigenvalue weighted by molar-refractivity contribution is -0.139. The number of para-hydroxylation sites is 1. The zero-order chi connectivity index (χ0) is 22.8. The number of rotatable bonds is 5. The van der Waals surface area contributed by atoms with Crippen molar-refractivity contribution in [1.82, 2.24) is 4.57 Å². The van der Waals surface area contributed by atoms with Crippen molar-refractivity contribution in [2.24, 2.45) is 4.99 Å². The number of allylic oxidation sites excluding steroid dienone is 1. The van der Waals surface area contributed by atoms with Crippen LogP contribution in [0.5, 0.6) is 5.75 Å². The van der Waals surface area contributed by atoms with E-state index < -0.39 is 12.0 Å². The summed E-state index contributed by atoms with van der Waals surface area (Å²) in [6, 6.07) is 14.6. The quantitative estimate of drug-likeness (QED) is 0.355.